The van der Waals surface area contributed by atoms with Gasteiger partial charge >= 0.3 is 0 Å². The lowest BCUT2D eigenvalue weighted by atomic mass is 9.98. The van der Waals surface area contributed by atoms with Gasteiger partial charge in [-0.15, -0.1) is 0 Å². The van der Waals surface area contributed by atoms with Crippen molar-refractivity contribution >= 4 is 11.6 Å². The summed E-state index contributed by atoms with van der Waals surface area (Å²) >= 11 is 6.16. The van der Waals surface area contributed by atoms with Crippen LogP contribution in [0.3, 0.4) is 0 Å². The Morgan fingerprint density at radius 2 is 2.32 bits per heavy atom. The van der Waals surface area contributed by atoms with Crippen molar-refractivity contribution in [2.45, 2.75) is 25.6 Å². The van der Waals surface area contributed by atoms with Gasteiger partial charge in [-0.3, -0.25) is 0 Å². The molecule has 1 aromatic rings. The van der Waals surface area contributed by atoms with Gasteiger partial charge < -0.3 is 19.7 Å². The van der Waals surface area contributed by atoms with Crippen LogP contribution >= 0.6 is 11.6 Å². The van der Waals surface area contributed by atoms with Gasteiger partial charge in [0.15, 0.2) is 0 Å². The van der Waals surface area contributed by atoms with Crippen LogP contribution in [0.4, 0.5) is 0 Å². The van der Waals surface area contributed by atoms with Crippen molar-refractivity contribution in [1.29, 1.82) is 0 Å². The SMILES string of the molecule is C[C@H](CO)C(O)c1ccc(OC2CCOC2)c(Cl)c1. The number of aliphatic hydroxyl groups excluding tert-OH is 2. The van der Waals surface area contributed by atoms with Gasteiger partial charge in [-0.2, -0.15) is 0 Å². The number of ether oxygens (including phenoxy) is 2. The molecule has 0 saturated carbocycles. The lowest BCUT2D eigenvalue weighted by molar-refractivity contribution is 0.0769. The number of hydrogen-bond acceptors (Lipinski definition) is 4. The molecule has 0 amide bonds. The van der Waals surface area contributed by atoms with Gasteiger partial charge in [0.1, 0.15) is 11.9 Å². The molecule has 0 radical (unpaired) electrons. The van der Waals surface area contributed by atoms with E-state index in [9.17, 15) is 5.11 Å². The summed E-state index contributed by atoms with van der Waals surface area (Å²) in [4.78, 5) is 0. The van der Waals surface area contributed by atoms with Crippen LogP contribution in [0.5, 0.6) is 5.75 Å². The van der Waals surface area contributed by atoms with Crippen LogP contribution in [-0.4, -0.2) is 36.1 Å². The Labute approximate surface area is 117 Å². The van der Waals surface area contributed by atoms with E-state index in [2.05, 4.69) is 0 Å². The molecule has 2 unspecified atom stereocenters. The van der Waals surface area contributed by atoms with Crippen LogP contribution < -0.4 is 4.74 Å². The van der Waals surface area contributed by atoms with Gasteiger partial charge in [-0.1, -0.05) is 24.6 Å². The number of aliphatic hydroxyl groups is 2. The van der Waals surface area contributed by atoms with Crippen LogP contribution in [0.15, 0.2) is 18.2 Å². The second-order valence-electron chi connectivity index (χ2n) is 4.90. The van der Waals surface area contributed by atoms with Crippen LogP contribution in [0.1, 0.15) is 25.0 Å². The number of halogens is 1. The number of hydrogen-bond donors (Lipinski definition) is 2. The first kappa shape index (κ1) is 14.6. The van der Waals surface area contributed by atoms with E-state index in [-0.39, 0.29) is 18.6 Å². The summed E-state index contributed by atoms with van der Waals surface area (Å²) in [7, 11) is 0. The Morgan fingerprint density at radius 1 is 1.53 bits per heavy atom. The summed E-state index contributed by atoms with van der Waals surface area (Å²) in [5.41, 5.74) is 0.682. The van der Waals surface area contributed by atoms with E-state index in [1.807, 2.05) is 0 Å². The molecule has 2 rings (SSSR count). The van der Waals surface area contributed by atoms with Crippen LogP contribution in [0.2, 0.25) is 5.02 Å². The highest BCUT2D eigenvalue weighted by Crippen LogP contribution is 2.31. The minimum atomic E-state index is -0.730. The minimum absolute atomic E-state index is 0.0460. The molecule has 4 nitrogen and oxygen atoms in total. The molecular formula is C14H19ClO4. The minimum Gasteiger partial charge on any atom is -0.486 e. The predicted molar refractivity (Wildman–Crippen MR) is 72.5 cm³/mol. The Balaban J connectivity index is 2.07. The van der Waals surface area contributed by atoms with Gasteiger partial charge in [0.05, 0.1) is 24.3 Å². The Hall–Kier alpha value is -0.810. The zero-order chi connectivity index (χ0) is 13.8. The first-order valence-electron chi connectivity index (χ1n) is 6.44. The molecule has 1 aliphatic rings. The predicted octanol–water partition coefficient (Wildman–Crippen LogP) is 2.17. The van der Waals surface area contributed by atoms with Crippen LogP contribution in [0.25, 0.3) is 0 Å². The molecule has 2 N–H and O–H groups in total. The highest BCUT2D eigenvalue weighted by molar-refractivity contribution is 6.32. The summed E-state index contributed by atoms with van der Waals surface area (Å²) < 4.78 is 11.0. The lowest BCUT2D eigenvalue weighted by Crippen LogP contribution is -2.16. The van der Waals surface area contributed by atoms with Crippen molar-refractivity contribution in [3.8, 4) is 5.75 Å². The molecule has 19 heavy (non-hydrogen) atoms. The first-order chi connectivity index (χ1) is 9.11. The second kappa shape index (κ2) is 6.57. The molecule has 1 aliphatic heterocycles. The average Bonchev–Trinajstić information content (AvgIpc) is 2.92. The van der Waals surface area contributed by atoms with Crippen molar-refractivity contribution < 1.29 is 19.7 Å². The molecule has 1 saturated heterocycles. The molecule has 0 aromatic heterocycles. The normalized spacial score (nSPS) is 22.2. The standard InChI is InChI=1S/C14H19ClO4/c1-9(7-16)14(17)10-2-3-13(12(15)6-10)19-11-4-5-18-8-11/h2-3,6,9,11,14,16-17H,4-5,7-8H2,1H3/t9-,11?,14?/m1/s1. The zero-order valence-corrected chi connectivity index (χ0v) is 11.6. The third-order valence-corrected chi connectivity index (χ3v) is 3.60. The van der Waals surface area contributed by atoms with Gasteiger partial charge in [0.25, 0.3) is 0 Å². The number of benzene rings is 1. The van der Waals surface area contributed by atoms with Crippen molar-refractivity contribution in [1.82, 2.24) is 0 Å². The summed E-state index contributed by atoms with van der Waals surface area (Å²) in [5.74, 6) is 0.371. The molecule has 106 valence electrons. The lowest BCUT2D eigenvalue weighted by Gasteiger charge is -2.19. The average molecular weight is 287 g/mol. The highest BCUT2D eigenvalue weighted by Gasteiger charge is 2.20. The Morgan fingerprint density at radius 3 is 2.89 bits per heavy atom. The maximum Gasteiger partial charge on any atom is 0.138 e. The zero-order valence-electron chi connectivity index (χ0n) is 10.9. The van der Waals surface area contributed by atoms with E-state index in [0.29, 0.717) is 29.5 Å². The molecule has 0 aliphatic carbocycles. The number of rotatable bonds is 5. The van der Waals surface area contributed by atoms with E-state index in [4.69, 9.17) is 26.2 Å². The molecule has 1 fully saturated rings. The summed E-state index contributed by atoms with van der Waals surface area (Å²) in [5, 5.41) is 19.5. The Kier molecular flexibility index (Phi) is 5.05. The molecule has 3 atom stereocenters. The van der Waals surface area contributed by atoms with E-state index >= 15 is 0 Å². The fourth-order valence-corrected chi connectivity index (χ4v) is 2.24. The third kappa shape index (κ3) is 3.60. The van der Waals surface area contributed by atoms with E-state index < -0.39 is 6.10 Å². The van der Waals surface area contributed by atoms with Gasteiger partial charge in [-0.05, 0) is 17.7 Å². The van der Waals surface area contributed by atoms with Crippen molar-refractivity contribution in [2.75, 3.05) is 19.8 Å². The third-order valence-electron chi connectivity index (χ3n) is 3.31. The molecule has 1 heterocycles. The molecule has 1 aromatic carbocycles. The van der Waals surface area contributed by atoms with E-state index in [0.717, 1.165) is 6.42 Å². The molecule has 0 spiro atoms. The summed E-state index contributed by atoms with van der Waals surface area (Å²) in [6, 6.07) is 5.21. The molecule has 5 heteroatoms. The molecular weight excluding hydrogens is 268 g/mol. The Bertz CT molecular complexity index is 418. The van der Waals surface area contributed by atoms with Gasteiger partial charge in [-0.25, -0.2) is 0 Å². The summed E-state index contributed by atoms with van der Waals surface area (Å²) in [6.07, 6.45) is 0.179. The topological polar surface area (TPSA) is 58.9 Å². The monoisotopic (exact) mass is 286 g/mol. The van der Waals surface area contributed by atoms with Gasteiger partial charge in [0.2, 0.25) is 0 Å². The smallest absolute Gasteiger partial charge is 0.138 e. The van der Waals surface area contributed by atoms with E-state index in [1.165, 1.54) is 0 Å². The molecule has 0 bridgehead atoms. The van der Waals surface area contributed by atoms with E-state index in [1.54, 1.807) is 25.1 Å². The second-order valence-corrected chi connectivity index (χ2v) is 5.31. The highest BCUT2D eigenvalue weighted by atomic mass is 35.5. The first-order valence-corrected chi connectivity index (χ1v) is 6.82. The van der Waals surface area contributed by atoms with Crippen molar-refractivity contribution in [3.63, 3.8) is 0 Å². The fourth-order valence-electron chi connectivity index (χ4n) is 2.01. The van der Waals surface area contributed by atoms with Crippen LogP contribution in [-0.2, 0) is 4.74 Å². The maximum atomic E-state index is 10.0. The van der Waals surface area contributed by atoms with Gasteiger partial charge in [0, 0.05) is 18.9 Å². The quantitative estimate of drug-likeness (QED) is 0.871. The van der Waals surface area contributed by atoms with Crippen molar-refractivity contribution in [2.24, 2.45) is 5.92 Å². The van der Waals surface area contributed by atoms with Crippen LogP contribution in [0, 0.1) is 5.92 Å². The summed E-state index contributed by atoms with van der Waals surface area (Å²) in [6.45, 7) is 3.00. The van der Waals surface area contributed by atoms with Crippen molar-refractivity contribution in [3.05, 3.63) is 28.8 Å². The maximum absolute atomic E-state index is 10.0. The fraction of sp³-hybridized carbons (Fsp3) is 0.571. The largest absolute Gasteiger partial charge is 0.486 e.